The fourth-order valence-electron chi connectivity index (χ4n) is 2.24. The van der Waals surface area contributed by atoms with Gasteiger partial charge in [0.1, 0.15) is 6.29 Å². The van der Waals surface area contributed by atoms with E-state index in [0.717, 1.165) is 50.1 Å². The number of aldehydes is 1. The van der Waals surface area contributed by atoms with Crippen molar-refractivity contribution < 1.29 is 9.53 Å². The van der Waals surface area contributed by atoms with E-state index in [1.807, 2.05) is 38.1 Å². The molecule has 0 spiro atoms. The van der Waals surface area contributed by atoms with Gasteiger partial charge in [-0.2, -0.15) is 0 Å². The van der Waals surface area contributed by atoms with Gasteiger partial charge in [0.2, 0.25) is 0 Å². The number of ether oxygens (including phenoxy) is 1. The van der Waals surface area contributed by atoms with Crippen molar-refractivity contribution in [2.24, 2.45) is 0 Å². The minimum atomic E-state index is 0.718. The normalized spacial score (nSPS) is 13.0. The molecule has 1 aliphatic rings. The Morgan fingerprint density at radius 3 is 2.12 bits per heavy atom. The van der Waals surface area contributed by atoms with Gasteiger partial charge in [-0.15, -0.1) is 0 Å². The van der Waals surface area contributed by atoms with E-state index < -0.39 is 0 Å². The van der Waals surface area contributed by atoms with E-state index in [4.69, 9.17) is 4.74 Å². The summed E-state index contributed by atoms with van der Waals surface area (Å²) >= 11 is 0. The van der Waals surface area contributed by atoms with E-state index in [9.17, 15) is 4.79 Å². The van der Waals surface area contributed by atoms with Gasteiger partial charge in [-0.25, -0.2) is 0 Å². The summed E-state index contributed by atoms with van der Waals surface area (Å²) in [6, 6.07) is 16.1. The summed E-state index contributed by atoms with van der Waals surface area (Å²) in [5.41, 5.74) is 4.41. The summed E-state index contributed by atoms with van der Waals surface area (Å²) in [7, 11) is 0. The lowest BCUT2D eigenvalue weighted by atomic mass is 10.0. The van der Waals surface area contributed by atoms with Crippen LogP contribution in [0.1, 0.15) is 36.7 Å². The molecular weight excluding hydrogens is 298 g/mol. The molecule has 1 N–H and O–H groups in total. The third-order valence-corrected chi connectivity index (χ3v) is 3.56. The smallest absolute Gasteiger partial charge is 0.150 e. The Morgan fingerprint density at radius 1 is 1.00 bits per heavy atom. The Balaban J connectivity index is 0.000000300. The van der Waals surface area contributed by atoms with Gasteiger partial charge in [0.25, 0.3) is 0 Å². The molecule has 24 heavy (non-hydrogen) atoms. The van der Waals surface area contributed by atoms with Crippen LogP contribution in [0, 0.1) is 0 Å². The van der Waals surface area contributed by atoms with Crippen molar-refractivity contribution in [1.29, 1.82) is 0 Å². The molecule has 3 heteroatoms. The molecule has 1 heterocycles. The van der Waals surface area contributed by atoms with Gasteiger partial charge in [0.05, 0.1) is 13.2 Å². The summed E-state index contributed by atoms with van der Waals surface area (Å²) in [4.78, 5) is 10.6. The summed E-state index contributed by atoms with van der Waals surface area (Å²) in [6.07, 6.45) is 1.91. The summed E-state index contributed by atoms with van der Waals surface area (Å²) in [6.45, 7) is 9.98. The lowest BCUT2D eigenvalue weighted by Gasteiger charge is -2.10. The number of hydrogen-bond acceptors (Lipinski definition) is 3. The van der Waals surface area contributed by atoms with Crippen molar-refractivity contribution in [2.45, 2.75) is 27.2 Å². The molecule has 0 aromatic heterocycles. The van der Waals surface area contributed by atoms with Crippen molar-refractivity contribution in [1.82, 2.24) is 5.32 Å². The average molecular weight is 327 g/mol. The minimum Gasteiger partial charge on any atom is -0.379 e. The Hall–Kier alpha value is -1.97. The summed E-state index contributed by atoms with van der Waals surface area (Å²) < 4.78 is 5.01. The third kappa shape index (κ3) is 7.07. The second-order valence-electron chi connectivity index (χ2n) is 5.16. The molecule has 1 fully saturated rings. The van der Waals surface area contributed by atoms with Crippen molar-refractivity contribution in [2.75, 3.05) is 26.3 Å². The highest BCUT2D eigenvalue weighted by Gasteiger charge is 1.98. The highest BCUT2D eigenvalue weighted by Crippen LogP contribution is 2.20. The molecule has 0 aliphatic carbocycles. The first-order valence-electron chi connectivity index (χ1n) is 8.76. The van der Waals surface area contributed by atoms with E-state index in [-0.39, 0.29) is 0 Å². The summed E-state index contributed by atoms with van der Waals surface area (Å²) in [5.74, 6) is 0. The van der Waals surface area contributed by atoms with Crippen LogP contribution in [0.4, 0.5) is 0 Å². The second-order valence-corrected chi connectivity index (χ2v) is 5.16. The number of aryl methyl sites for hydroxylation is 1. The topological polar surface area (TPSA) is 38.3 Å². The molecule has 0 unspecified atom stereocenters. The molecule has 3 rings (SSSR count). The van der Waals surface area contributed by atoms with Crippen molar-refractivity contribution >= 4 is 6.29 Å². The van der Waals surface area contributed by atoms with Crippen LogP contribution < -0.4 is 5.32 Å². The molecule has 0 radical (unpaired) electrons. The largest absolute Gasteiger partial charge is 0.379 e. The van der Waals surface area contributed by atoms with Crippen molar-refractivity contribution in [3.05, 3.63) is 59.7 Å². The Kier molecular flexibility index (Phi) is 10.4. The highest BCUT2D eigenvalue weighted by atomic mass is 16.5. The quantitative estimate of drug-likeness (QED) is 0.851. The van der Waals surface area contributed by atoms with Gasteiger partial charge < -0.3 is 10.1 Å². The number of carbonyl (C=O) groups excluding carboxylic acids is 1. The van der Waals surface area contributed by atoms with Crippen LogP contribution in [0.2, 0.25) is 0 Å². The van der Waals surface area contributed by atoms with Gasteiger partial charge in [-0.1, -0.05) is 69.3 Å². The molecule has 0 atom stereocenters. The first-order valence-corrected chi connectivity index (χ1v) is 8.76. The number of benzene rings is 2. The number of hydrogen-bond donors (Lipinski definition) is 1. The third-order valence-electron chi connectivity index (χ3n) is 3.56. The van der Waals surface area contributed by atoms with Gasteiger partial charge >= 0.3 is 0 Å². The maximum absolute atomic E-state index is 10.6. The number of rotatable bonds is 3. The number of nitrogens with one attached hydrogen (secondary N) is 1. The monoisotopic (exact) mass is 327 g/mol. The SMILES string of the molecule is C1COCCN1.CC.CCc1cccc(-c2ccc(C=O)cc2)c1. The standard InChI is InChI=1S/C15H14O.C4H9NO.C2H6/c1-2-12-4-3-5-15(10-12)14-8-6-13(11-16)7-9-14;1-3-6-4-2-5-1;1-2/h3-11H,2H2,1H3;5H,1-4H2;1-2H3. The van der Waals surface area contributed by atoms with Crippen LogP contribution in [0.15, 0.2) is 48.5 Å². The average Bonchev–Trinajstić information content (AvgIpc) is 2.71. The first kappa shape index (κ1) is 20.1. The van der Waals surface area contributed by atoms with Gasteiger partial charge in [-0.3, -0.25) is 4.79 Å². The number of carbonyl (C=O) groups is 1. The van der Waals surface area contributed by atoms with Gasteiger partial charge in [0, 0.05) is 18.7 Å². The van der Waals surface area contributed by atoms with Crippen LogP contribution in [0.5, 0.6) is 0 Å². The lowest BCUT2D eigenvalue weighted by molar-refractivity contribution is 0.109. The molecule has 1 aliphatic heterocycles. The predicted octanol–water partition coefficient (Wildman–Crippen LogP) is 4.36. The highest BCUT2D eigenvalue weighted by molar-refractivity contribution is 5.77. The van der Waals surface area contributed by atoms with E-state index in [2.05, 4.69) is 36.5 Å². The van der Waals surface area contributed by atoms with Gasteiger partial charge in [0.15, 0.2) is 0 Å². The Labute approximate surface area is 146 Å². The zero-order valence-corrected chi connectivity index (χ0v) is 15.0. The fourth-order valence-corrected chi connectivity index (χ4v) is 2.24. The van der Waals surface area contributed by atoms with Crippen LogP contribution in [-0.2, 0) is 11.2 Å². The molecule has 2 aromatic carbocycles. The molecule has 130 valence electrons. The van der Waals surface area contributed by atoms with E-state index >= 15 is 0 Å². The van der Waals surface area contributed by atoms with Crippen LogP contribution in [-0.4, -0.2) is 32.6 Å². The predicted molar refractivity (Wildman–Crippen MR) is 102 cm³/mol. The second kappa shape index (κ2) is 12.5. The maximum atomic E-state index is 10.6. The first-order chi connectivity index (χ1) is 11.8. The molecule has 3 nitrogen and oxygen atoms in total. The zero-order chi connectivity index (χ0) is 17.6. The minimum absolute atomic E-state index is 0.718. The van der Waals surface area contributed by atoms with Crippen molar-refractivity contribution in [3.8, 4) is 11.1 Å². The molecule has 0 amide bonds. The summed E-state index contributed by atoms with van der Waals surface area (Å²) in [5, 5.41) is 3.16. The van der Waals surface area contributed by atoms with E-state index in [1.165, 1.54) is 11.1 Å². The van der Waals surface area contributed by atoms with Gasteiger partial charge in [-0.05, 0) is 23.1 Å². The van der Waals surface area contributed by atoms with Crippen LogP contribution in [0.25, 0.3) is 11.1 Å². The molecule has 2 aromatic rings. The Morgan fingerprint density at radius 2 is 1.67 bits per heavy atom. The number of morpholine rings is 1. The Bertz CT molecular complexity index is 563. The van der Waals surface area contributed by atoms with Crippen LogP contribution >= 0.6 is 0 Å². The molecule has 0 bridgehead atoms. The fraction of sp³-hybridized carbons (Fsp3) is 0.381. The molecular formula is C21H29NO2. The maximum Gasteiger partial charge on any atom is 0.150 e. The molecule has 1 saturated heterocycles. The van der Waals surface area contributed by atoms with Crippen molar-refractivity contribution in [3.63, 3.8) is 0 Å². The molecule has 0 saturated carbocycles. The van der Waals surface area contributed by atoms with E-state index in [1.54, 1.807) is 0 Å². The lowest BCUT2D eigenvalue weighted by Crippen LogP contribution is -2.30. The van der Waals surface area contributed by atoms with Crippen LogP contribution in [0.3, 0.4) is 0 Å². The zero-order valence-electron chi connectivity index (χ0n) is 15.0. The van der Waals surface area contributed by atoms with E-state index in [0.29, 0.717) is 0 Å².